The van der Waals surface area contributed by atoms with Gasteiger partial charge < -0.3 is 9.64 Å². The third-order valence-electron chi connectivity index (χ3n) is 4.07. The molecule has 0 bridgehead atoms. The number of nitro benzene ring substituents is 1. The summed E-state index contributed by atoms with van der Waals surface area (Å²) in [6.45, 7) is 4.38. The van der Waals surface area contributed by atoms with Crippen molar-refractivity contribution in [1.29, 1.82) is 0 Å². The van der Waals surface area contributed by atoms with E-state index in [1.54, 1.807) is 30.2 Å². The molecule has 0 aliphatic carbocycles. The van der Waals surface area contributed by atoms with Crippen LogP contribution >= 0.6 is 0 Å². The van der Waals surface area contributed by atoms with Crippen molar-refractivity contribution in [2.75, 3.05) is 18.1 Å². The zero-order valence-corrected chi connectivity index (χ0v) is 13.5. The van der Waals surface area contributed by atoms with E-state index < -0.39 is 4.92 Å². The van der Waals surface area contributed by atoms with Crippen LogP contribution in [0.4, 0.5) is 11.4 Å². The largest absolute Gasteiger partial charge is 0.474 e. The second-order valence-electron chi connectivity index (χ2n) is 5.73. The van der Waals surface area contributed by atoms with Crippen molar-refractivity contribution in [3.63, 3.8) is 0 Å². The van der Waals surface area contributed by atoms with Crippen LogP contribution in [0.2, 0.25) is 0 Å². The molecule has 1 aliphatic rings. The van der Waals surface area contributed by atoms with Crippen LogP contribution in [0.15, 0.2) is 30.5 Å². The lowest BCUT2D eigenvalue weighted by molar-refractivity contribution is -0.385. The SMILES string of the molecule is Cc1cnc2c(c1)N(C(=O)Cc1cccc([N+](=O)[O-])c1C)CCO2. The van der Waals surface area contributed by atoms with Crippen LogP contribution in [0.5, 0.6) is 5.88 Å². The number of hydrogen-bond acceptors (Lipinski definition) is 5. The molecule has 2 aromatic rings. The average molecular weight is 327 g/mol. The Hall–Kier alpha value is -2.96. The number of carbonyl (C=O) groups excluding carboxylic acids is 1. The number of aromatic nitrogens is 1. The first-order valence-corrected chi connectivity index (χ1v) is 7.60. The van der Waals surface area contributed by atoms with Crippen LogP contribution in [0, 0.1) is 24.0 Å². The van der Waals surface area contributed by atoms with Crippen molar-refractivity contribution in [1.82, 2.24) is 4.98 Å². The van der Waals surface area contributed by atoms with Gasteiger partial charge in [-0.05, 0) is 31.0 Å². The summed E-state index contributed by atoms with van der Waals surface area (Å²) in [5, 5.41) is 11.0. The zero-order valence-electron chi connectivity index (χ0n) is 13.5. The molecule has 2 heterocycles. The Morgan fingerprint density at radius 3 is 2.96 bits per heavy atom. The Bertz CT molecular complexity index is 819. The Kier molecular flexibility index (Phi) is 4.16. The van der Waals surface area contributed by atoms with Gasteiger partial charge in [-0.3, -0.25) is 14.9 Å². The number of carbonyl (C=O) groups is 1. The molecule has 1 amide bonds. The van der Waals surface area contributed by atoms with E-state index in [9.17, 15) is 14.9 Å². The quantitative estimate of drug-likeness (QED) is 0.639. The van der Waals surface area contributed by atoms with Gasteiger partial charge in [0.1, 0.15) is 12.3 Å². The van der Waals surface area contributed by atoms with Gasteiger partial charge in [0.05, 0.1) is 17.9 Å². The lowest BCUT2D eigenvalue weighted by Gasteiger charge is -2.29. The van der Waals surface area contributed by atoms with E-state index in [1.165, 1.54) is 6.07 Å². The summed E-state index contributed by atoms with van der Waals surface area (Å²) in [4.78, 5) is 29.2. The molecule has 0 saturated heterocycles. The number of benzene rings is 1. The molecule has 0 saturated carbocycles. The minimum absolute atomic E-state index is 0.0280. The maximum absolute atomic E-state index is 12.7. The number of aryl methyl sites for hydroxylation is 1. The summed E-state index contributed by atoms with van der Waals surface area (Å²) >= 11 is 0. The Morgan fingerprint density at radius 2 is 2.21 bits per heavy atom. The second-order valence-corrected chi connectivity index (χ2v) is 5.73. The number of rotatable bonds is 3. The Balaban J connectivity index is 1.89. The van der Waals surface area contributed by atoms with Crippen molar-refractivity contribution < 1.29 is 14.5 Å². The monoisotopic (exact) mass is 327 g/mol. The Morgan fingerprint density at radius 1 is 1.42 bits per heavy atom. The maximum Gasteiger partial charge on any atom is 0.272 e. The minimum atomic E-state index is -0.430. The van der Waals surface area contributed by atoms with Gasteiger partial charge in [-0.2, -0.15) is 0 Å². The molecule has 1 aromatic carbocycles. The molecule has 0 unspecified atom stereocenters. The van der Waals surface area contributed by atoms with Gasteiger partial charge in [0.2, 0.25) is 11.8 Å². The molecule has 1 aromatic heterocycles. The van der Waals surface area contributed by atoms with Crippen LogP contribution in [-0.2, 0) is 11.2 Å². The molecule has 1 aliphatic heterocycles. The van der Waals surface area contributed by atoms with E-state index >= 15 is 0 Å². The van der Waals surface area contributed by atoms with Gasteiger partial charge in [-0.25, -0.2) is 4.98 Å². The van der Waals surface area contributed by atoms with Gasteiger partial charge in [0.25, 0.3) is 5.69 Å². The smallest absolute Gasteiger partial charge is 0.272 e. The topological polar surface area (TPSA) is 85.6 Å². The molecular formula is C17H17N3O4. The predicted octanol–water partition coefficient (Wildman–Crippen LogP) is 2.57. The van der Waals surface area contributed by atoms with Crippen molar-refractivity contribution in [2.24, 2.45) is 0 Å². The fourth-order valence-corrected chi connectivity index (χ4v) is 2.78. The molecular weight excluding hydrogens is 310 g/mol. The van der Waals surface area contributed by atoms with Crippen molar-refractivity contribution in [3.05, 3.63) is 57.3 Å². The molecule has 0 atom stereocenters. The third kappa shape index (κ3) is 2.92. The maximum atomic E-state index is 12.7. The summed E-state index contributed by atoms with van der Waals surface area (Å²) < 4.78 is 5.49. The zero-order chi connectivity index (χ0) is 17.3. The second kappa shape index (κ2) is 6.27. The highest BCUT2D eigenvalue weighted by Crippen LogP contribution is 2.31. The van der Waals surface area contributed by atoms with Crippen molar-refractivity contribution >= 4 is 17.3 Å². The van der Waals surface area contributed by atoms with E-state index in [1.807, 2.05) is 13.0 Å². The van der Waals surface area contributed by atoms with Crippen LogP contribution < -0.4 is 9.64 Å². The molecule has 3 rings (SSSR count). The van der Waals surface area contributed by atoms with Gasteiger partial charge >= 0.3 is 0 Å². The molecule has 7 heteroatoms. The van der Waals surface area contributed by atoms with Crippen LogP contribution in [-0.4, -0.2) is 29.0 Å². The van der Waals surface area contributed by atoms with Crippen LogP contribution in [0.25, 0.3) is 0 Å². The minimum Gasteiger partial charge on any atom is -0.474 e. The highest BCUT2D eigenvalue weighted by molar-refractivity contribution is 5.96. The molecule has 124 valence electrons. The number of ether oxygens (including phenoxy) is 1. The highest BCUT2D eigenvalue weighted by Gasteiger charge is 2.26. The summed E-state index contributed by atoms with van der Waals surface area (Å²) in [5.74, 6) is 0.312. The fourth-order valence-electron chi connectivity index (χ4n) is 2.78. The van der Waals surface area contributed by atoms with Crippen LogP contribution in [0.1, 0.15) is 16.7 Å². The van der Waals surface area contributed by atoms with Crippen LogP contribution in [0.3, 0.4) is 0 Å². The molecule has 7 nitrogen and oxygen atoms in total. The molecule has 0 N–H and O–H groups in total. The number of fused-ring (bicyclic) bond motifs is 1. The number of nitro groups is 1. The van der Waals surface area contributed by atoms with E-state index in [-0.39, 0.29) is 18.0 Å². The molecule has 0 spiro atoms. The first-order valence-electron chi connectivity index (χ1n) is 7.60. The summed E-state index contributed by atoms with van der Waals surface area (Å²) in [5.41, 5.74) is 2.78. The Labute approximate surface area is 139 Å². The predicted molar refractivity (Wildman–Crippen MR) is 88.4 cm³/mol. The molecule has 0 fully saturated rings. The average Bonchev–Trinajstić information content (AvgIpc) is 2.55. The summed E-state index contributed by atoms with van der Waals surface area (Å²) in [6.07, 6.45) is 1.79. The van der Waals surface area contributed by atoms with Gasteiger partial charge in [-0.15, -0.1) is 0 Å². The van der Waals surface area contributed by atoms with Gasteiger partial charge in [-0.1, -0.05) is 12.1 Å². The normalized spacial score (nSPS) is 13.2. The summed E-state index contributed by atoms with van der Waals surface area (Å²) in [6, 6.07) is 6.66. The molecule has 24 heavy (non-hydrogen) atoms. The van der Waals surface area contributed by atoms with Crippen molar-refractivity contribution in [3.8, 4) is 5.88 Å². The fraction of sp³-hybridized carbons (Fsp3) is 0.294. The third-order valence-corrected chi connectivity index (χ3v) is 4.07. The van der Waals surface area contributed by atoms with E-state index in [2.05, 4.69) is 4.98 Å². The van der Waals surface area contributed by atoms with E-state index in [0.717, 1.165) is 5.56 Å². The van der Waals surface area contributed by atoms with Gasteiger partial charge in [0.15, 0.2) is 0 Å². The van der Waals surface area contributed by atoms with Crippen molar-refractivity contribution in [2.45, 2.75) is 20.3 Å². The molecule has 0 radical (unpaired) electrons. The number of hydrogen-bond donors (Lipinski definition) is 0. The lowest BCUT2D eigenvalue weighted by Crippen LogP contribution is -2.39. The summed E-state index contributed by atoms with van der Waals surface area (Å²) in [7, 11) is 0. The number of pyridine rings is 1. The van der Waals surface area contributed by atoms with Gasteiger partial charge in [0, 0.05) is 17.8 Å². The van der Waals surface area contributed by atoms with E-state index in [4.69, 9.17) is 4.74 Å². The highest BCUT2D eigenvalue weighted by atomic mass is 16.6. The number of amides is 1. The first kappa shape index (κ1) is 15.9. The number of anilines is 1. The standard InChI is InChI=1S/C17H17N3O4/c1-11-8-15-17(18-10-11)24-7-6-19(15)16(21)9-13-4-3-5-14(12(13)2)20(22)23/h3-5,8,10H,6-7,9H2,1-2H3. The van der Waals surface area contributed by atoms with E-state index in [0.29, 0.717) is 35.8 Å². The first-order chi connectivity index (χ1) is 11.5. The number of nitrogens with zero attached hydrogens (tertiary/aromatic N) is 3. The lowest BCUT2D eigenvalue weighted by atomic mass is 10.0.